The van der Waals surface area contributed by atoms with Crippen LogP contribution in [-0.2, 0) is 19.1 Å². The third-order valence-electron chi connectivity index (χ3n) is 5.83. The first kappa shape index (κ1) is 43.2. The van der Waals surface area contributed by atoms with Crippen molar-refractivity contribution in [2.24, 2.45) is 11.8 Å². The summed E-state index contributed by atoms with van der Waals surface area (Å²) in [5, 5.41) is 0.597. The maximum absolute atomic E-state index is 15.1. The summed E-state index contributed by atoms with van der Waals surface area (Å²) in [5.74, 6) is -65.8. The predicted molar refractivity (Wildman–Crippen MR) is 118 cm³/mol. The second kappa shape index (κ2) is 13.0. The van der Waals surface area contributed by atoms with Crippen LogP contribution < -0.4 is 5.32 Å². The molecule has 0 aliphatic heterocycles. The van der Waals surface area contributed by atoms with Crippen LogP contribution in [0.25, 0.3) is 0 Å². The molecule has 0 aliphatic rings. The van der Waals surface area contributed by atoms with E-state index in [1.54, 1.807) is 0 Å². The largest absolute Gasteiger partial charge is 0.469 e. The molecule has 0 radical (unpaired) electrons. The zero-order valence-electron chi connectivity index (χ0n) is 24.1. The van der Waals surface area contributed by atoms with Gasteiger partial charge in [0.1, 0.15) is 5.60 Å². The summed E-state index contributed by atoms with van der Waals surface area (Å²) in [4.78, 5) is 36.7. The molecule has 0 saturated heterocycles. The highest BCUT2D eigenvalue weighted by Gasteiger charge is 2.95. The fraction of sp³-hybridized carbons (Fsp3) is 0.870. The normalized spacial score (nSPS) is 16.2. The standard InChI is InChI=1S/C23H26F17NO5/c1-9(2)7-10(13(43)45-6)8-11(42)12(41-14(44)46-15(3,4)5)16(24,25)17(26,27)18(28,29)19(30,31)20(32,33)21(34,35)22(36,37)23(38,39)40/h9-10,12H,7-8H2,1-6H3,(H,41,44)/t10-,12?/m1/s1. The van der Waals surface area contributed by atoms with Crippen molar-refractivity contribution in [2.75, 3.05) is 7.11 Å². The molecule has 0 saturated carbocycles. The Kier molecular flexibility index (Phi) is 12.2. The molecule has 0 fully saturated rings. The SMILES string of the molecule is COC(=O)[C@@H](CC(=O)C(NC(=O)OC(C)(C)C)C(F)(F)C(F)(F)C(F)(F)C(F)(F)C(F)(F)C(F)(F)C(F)(F)C(F)(F)F)CC(C)C. The maximum atomic E-state index is 15.1. The van der Waals surface area contributed by atoms with Gasteiger partial charge in [0.05, 0.1) is 13.0 Å². The van der Waals surface area contributed by atoms with Crippen LogP contribution in [0, 0.1) is 11.8 Å². The molecule has 0 heterocycles. The number of esters is 1. The Morgan fingerprint density at radius 2 is 1.00 bits per heavy atom. The van der Waals surface area contributed by atoms with Gasteiger partial charge in [-0.15, -0.1) is 0 Å². The molecule has 0 spiro atoms. The molecular weight excluding hydrogens is 693 g/mol. The Balaban J connectivity index is 7.32. The zero-order valence-corrected chi connectivity index (χ0v) is 24.1. The van der Waals surface area contributed by atoms with Crippen LogP contribution in [0.1, 0.15) is 47.5 Å². The minimum absolute atomic E-state index is 0.525. The predicted octanol–water partition coefficient (Wildman–Crippen LogP) is 7.68. The van der Waals surface area contributed by atoms with Crippen LogP contribution in [0.2, 0.25) is 0 Å². The minimum atomic E-state index is -8.89. The van der Waals surface area contributed by atoms with Crippen molar-refractivity contribution in [1.29, 1.82) is 0 Å². The summed E-state index contributed by atoms with van der Waals surface area (Å²) in [6.07, 6.45) is -12.6. The smallest absolute Gasteiger partial charge is 0.460 e. The van der Waals surface area contributed by atoms with E-state index in [-0.39, 0.29) is 0 Å². The van der Waals surface area contributed by atoms with Gasteiger partial charge in [-0.3, -0.25) is 9.59 Å². The van der Waals surface area contributed by atoms with Crippen LogP contribution in [0.5, 0.6) is 0 Å². The molecule has 1 unspecified atom stereocenters. The number of hydrogen-bond acceptors (Lipinski definition) is 5. The molecular formula is C23H26F17NO5. The fourth-order valence-electron chi connectivity index (χ4n) is 3.52. The number of hydrogen-bond donors (Lipinski definition) is 1. The lowest BCUT2D eigenvalue weighted by molar-refractivity contribution is -0.462. The van der Waals surface area contributed by atoms with Gasteiger partial charge >= 0.3 is 59.7 Å². The van der Waals surface area contributed by atoms with Crippen LogP contribution in [0.4, 0.5) is 79.4 Å². The van der Waals surface area contributed by atoms with Gasteiger partial charge in [-0.25, -0.2) is 4.79 Å². The van der Waals surface area contributed by atoms with Gasteiger partial charge in [-0.05, 0) is 33.1 Å². The van der Waals surface area contributed by atoms with Gasteiger partial charge in [0.15, 0.2) is 11.8 Å². The molecule has 0 bridgehead atoms. The summed E-state index contributed by atoms with van der Waals surface area (Å²) in [7, 11) is 0.653. The topological polar surface area (TPSA) is 81.7 Å². The number of ether oxygens (including phenoxy) is 2. The van der Waals surface area contributed by atoms with Crippen LogP contribution in [-0.4, -0.2) is 84.2 Å². The van der Waals surface area contributed by atoms with Gasteiger partial charge in [0, 0.05) is 6.42 Å². The van der Waals surface area contributed by atoms with Gasteiger partial charge in [-0.1, -0.05) is 13.8 Å². The summed E-state index contributed by atoms with van der Waals surface area (Å²) >= 11 is 0. The van der Waals surface area contributed by atoms with Gasteiger partial charge in [0.2, 0.25) is 0 Å². The second-order valence-electron chi connectivity index (χ2n) is 11.2. The first-order valence-corrected chi connectivity index (χ1v) is 12.2. The van der Waals surface area contributed by atoms with Crippen molar-refractivity contribution < 1.29 is 98.5 Å². The first-order valence-electron chi connectivity index (χ1n) is 12.2. The van der Waals surface area contributed by atoms with E-state index in [1.807, 2.05) is 0 Å². The number of nitrogens with one attached hydrogen (secondary N) is 1. The molecule has 23 heteroatoms. The lowest BCUT2D eigenvalue weighted by atomic mass is 9.84. The Morgan fingerprint density at radius 1 is 0.630 bits per heavy atom. The fourth-order valence-corrected chi connectivity index (χ4v) is 3.52. The molecule has 0 aromatic rings. The van der Waals surface area contributed by atoms with Crippen LogP contribution >= 0.6 is 0 Å². The Hall–Kier alpha value is -2.78. The number of alkyl carbamates (subject to hydrolysis) is 1. The van der Waals surface area contributed by atoms with E-state index in [1.165, 1.54) is 13.8 Å². The number of halogens is 17. The first-order chi connectivity index (χ1) is 19.9. The maximum Gasteiger partial charge on any atom is 0.460 e. The van der Waals surface area contributed by atoms with Crippen LogP contribution in [0.3, 0.4) is 0 Å². The number of ketones is 1. The quantitative estimate of drug-likeness (QED) is 0.147. The molecule has 0 aliphatic carbocycles. The molecule has 1 N–H and O–H groups in total. The monoisotopic (exact) mass is 719 g/mol. The Labute approximate surface area is 248 Å². The van der Waals surface area contributed by atoms with E-state index < -0.39 is 102 Å². The summed E-state index contributed by atoms with van der Waals surface area (Å²) < 4.78 is 243. The lowest BCUT2D eigenvalue weighted by Gasteiger charge is -2.43. The van der Waals surface area contributed by atoms with E-state index in [2.05, 4.69) is 9.47 Å². The van der Waals surface area contributed by atoms with Crippen LogP contribution in [0.15, 0.2) is 0 Å². The van der Waals surface area contributed by atoms with Gasteiger partial charge < -0.3 is 14.8 Å². The number of Topliss-reactive ketones (excluding diaryl/α,β-unsaturated/α-hetero) is 1. The molecule has 0 aromatic carbocycles. The molecule has 2 atom stereocenters. The van der Waals surface area contributed by atoms with Crippen molar-refractivity contribution in [1.82, 2.24) is 5.32 Å². The summed E-state index contributed by atoms with van der Waals surface area (Å²) in [6.45, 7) is 5.51. The molecule has 272 valence electrons. The summed E-state index contributed by atoms with van der Waals surface area (Å²) in [5.41, 5.74) is -1.78. The number of amides is 1. The van der Waals surface area contributed by atoms with Gasteiger partial charge in [0.25, 0.3) is 0 Å². The highest BCUT2D eigenvalue weighted by molar-refractivity contribution is 5.91. The van der Waals surface area contributed by atoms with E-state index in [0.717, 1.165) is 20.8 Å². The number of methoxy groups -OCH3 is 1. The highest BCUT2D eigenvalue weighted by Crippen LogP contribution is 2.64. The average molecular weight is 719 g/mol. The van der Waals surface area contributed by atoms with Crippen molar-refractivity contribution in [3.63, 3.8) is 0 Å². The van der Waals surface area contributed by atoms with Crippen molar-refractivity contribution in [3.8, 4) is 0 Å². The molecule has 0 aromatic heterocycles. The third kappa shape index (κ3) is 7.67. The lowest BCUT2D eigenvalue weighted by Crippen LogP contribution is -2.76. The number of carbonyl (C=O) groups excluding carboxylic acids is 3. The number of carbonyl (C=O) groups is 3. The van der Waals surface area contributed by atoms with Crippen molar-refractivity contribution >= 4 is 17.8 Å². The third-order valence-corrected chi connectivity index (χ3v) is 5.83. The Bertz CT molecular complexity index is 1110. The Morgan fingerprint density at radius 3 is 1.33 bits per heavy atom. The van der Waals surface area contributed by atoms with Crippen molar-refractivity contribution in [3.05, 3.63) is 0 Å². The molecule has 1 amide bonds. The van der Waals surface area contributed by atoms with E-state index in [0.29, 0.717) is 12.4 Å². The zero-order chi connectivity index (χ0) is 37.5. The number of alkyl halides is 17. The average Bonchev–Trinajstić information content (AvgIpc) is 2.83. The number of rotatable bonds is 14. The van der Waals surface area contributed by atoms with E-state index in [9.17, 15) is 80.2 Å². The molecule has 0 rings (SSSR count). The summed E-state index contributed by atoms with van der Waals surface area (Å²) in [6, 6.07) is -4.57. The van der Waals surface area contributed by atoms with Gasteiger partial charge in [-0.2, -0.15) is 74.6 Å². The molecule has 46 heavy (non-hydrogen) atoms. The van der Waals surface area contributed by atoms with Crippen molar-refractivity contribution in [2.45, 2.75) is 107 Å². The molecule has 6 nitrogen and oxygen atoms in total. The second-order valence-corrected chi connectivity index (χ2v) is 11.2. The highest BCUT2D eigenvalue weighted by atomic mass is 19.4. The minimum Gasteiger partial charge on any atom is -0.469 e. The van der Waals surface area contributed by atoms with E-state index in [4.69, 9.17) is 0 Å². The van der Waals surface area contributed by atoms with E-state index >= 15 is 8.78 Å².